The Morgan fingerprint density at radius 3 is 1.67 bits per heavy atom. The average molecular weight is 573 g/mol. The standard InChI is InChI=1S/C32H36N4O6/c1-14-12-23(20(7)18(5)16(14)3)35-29(39)25(27(37)33(10)31(35)41)22(9)26-28(38)34(11)32(42)36(30(26)40)24-13-15(2)17(4)19(6)21(24)8/h12-13,37H,1-11H3/b26-22+. The van der Waals surface area contributed by atoms with Crippen LogP contribution in [-0.4, -0.2) is 44.0 Å². The molecule has 0 radical (unpaired) electrons. The summed E-state index contributed by atoms with van der Waals surface area (Å²) in [5, 5.41) is 11.1. The van der Waals surface area contributed by atoms with Gasteiger partial charge in [-0.25, -0.2) is 19.1 Å². The van der Waals surface area contributed by atoms with Crippen LogP contribution in [0.3, 0.4) is 0 Å². The van der Waals surface area contributed by atoms with Gasteiger partial charge in [0.2, 0.25) is 5.88 Å². The van der Waals surface area contributed by atoms with Gasteiger partial charge in [-0.1, -0.05) is 0 Å². The number of amides is 4. The Balaban J connectivity index is 2.07. The molecule has 4 amide bonds. The van der Waals surface area contributed by atoms with Crippen molar-refractivity contribution >= 4 is 29.1 Å². The lowest BCUT2D eigenvalue weighted by Crippen LogP contribution is -2.55. The molecule has 0 spiro atoms. The molecule has 1 aliphatic rings. The lowest BCUT2D eigenvalue weighted by atomic mass is 9.95. The topological polar surface area (TPSA) is 122 Å². The number of carbonyl (C=O) groups is 3. The third-order valence-electron chi connectivity index (χ3n) is 8.99. The summed E-state index contributed by atoms with van der Waals surface area (Å²) in [6, 6.07) is 2.60. The Morgan fingerprint density at radius 1 is 0.667 bits per heavy atom. The molecule has 1 N–H and O–H groups in total. The molecule has 1 aromatic heterocycles. The molecule has 4 rings (SSSR count). The summed E-state index contributed by atoms with van der Waals surface area (Å²) in [5.74, 6) is -2.55. The molecule has 1 aliphatic heterocycles. The predicted octanol–water partition coefficient (Wildman–Crippen LogP) is 4.11. The predicted molar refractivity (Wildman–Crippen MR) is 162 cm³/mol. The van der Waals surface area contributed by atoms with Crippen molar-refractivity contribution < 1.29 is 19.5 Å². The van der Waals surface area contributed by atoms with E-state index in [4.69, 9.17) is 0 Å². The number of imide groups is 2. The fraction of sp³-hybridized carbons (Fsp3) is 0.344. The maximum Gasteiger partial charge on any atom is 0.338 e. The Bertz CT molecular complexity index is 1910. The Morgan fingerprint density at radius 2 is 1.14 bits per heavy atom. The number of anilines is 1. The number of barbiturate groups is 1. The highest BCUT2D eigenvalue weighted by Crippen LogP contribution is 2.35. The molecule has 0 unspecified atom stereocenters. The summed E-state index contributed by atoms with van der Waals surface area (Å²) >= 11 is 0. The van der Waals surface area contributed by atoms with Gasteiger partial charge in [-0.15, -0.1) is 0 Å². The van der Waals surface area contributed by atoms with E-state index in [9.17, 15) is 29.1 Å². The molecule has 0 saturated carbocycles. The van der Waals surface area contributed by atoms with Gasteiger partial charge in [0.25, 0.3) is 17.4 Å². The van der Waals surface area contributed by atoms with Crippen LogP contribution in [0.4, 0.5) is 10.5 Å². The highest BCUT2D eigenvalue weighted by molar-refractivity contribution is 6.40. The lowest BCUT2D eigenvalue weighted by molar-refractivity contribution is -0.128. The average Bonchev–Trinajstić information content (AvgIpc) is 2.94. The van der Waals surface area contributed by atoms with Gasteiger partial charge in [0, 0.05) is 14.1 Å². The quantitative estimate of drug-likeness (QED) is 0.372. The summed E-state index contributed by atoms with van der Waals surface area (Å²) < 4.78 is 1.83. The van der Waals surface area contributed by atoms with Crippen molar-refractivity contribution in [2.45, 2.75) is 62.3 Å². The number of benzene rings is 2. The zero-order chi connectivity index (χ0) is 31.7. The second-order valence-corrected chi connectivity index (χ2v) is 11.1. The van der Waals surface area contributed by atoms with Crippen LogP contribution < -0.4 is 16.1 Å². The van der Waals surface area contributed by atoms with Crippen molar-refractivity contribution in [3.05, 3.63) is 88.6 Å². The Hall–Kier alpha value is -4.73. The van der Waals surface area contributed by atoms with E-state index >= 15 is 0 Å². The third kappa shape index (κ3) is 4.20. The molecular weight excluding hydrogens is 536 g/mol. The number of hydrogen-bond donors (Lipinski definition) is 1. The SMILES string of the molecule is C/C(=C1/C(=O)N(C)C(=O)N(c2cc(C)c(C)c(C)c2C)C1=O)c1c(O)n(C)c(=O)n(-c2cc(C)c(C)c(C)c2C)c1=O. The van der Waals surface area contributed by atoms with Crippen LogP contribution in [0.25, 0.3) is 11.3 Å². The number of aryl methyl sites for hydroxylation is 2. The number of rotatable bonds is 3. The Kier molecular flexibility index (Phi) is 7.40. The summed E-state index contributed by atoms with van der Waals surface area (Å²) in [4.78, 5) is 69.9. The summed E-state index contributed by atoms with van der Waals surface area (Å²) in [6.07, 6.45) is 0. The van der Waals surface area contributed by atoms with E-state index in [0.29, 0.717) is 22.5 Å². The number of allylic oxidation sites excluding steroid dienone is 1. The van der Waals surface area contributed by atoms with E-state index in [1.54, 1.807) is 26.0 Å². The first-order chi connectivity index (χ1) is 19.4. The molecule has 220 valence electrons. The largest absolute Gasteiger partial charge is 0.494 e. The van der Waals surface area contributed by atoms with E-state index in [0.717, 1.165) is 52.3 Å². The summed E-state index contributed by atoms with van der Waals surface area (Å²) in [6.45, 7) is 16.3. The molecule has 1 fully saturated rings. The maximum absolute atomic E-state index is 14.0. The van der Waals surface area contributed by atoms with E-state index in [2.05, 4.69) is 0 Å². The number of urea groups is 1. The van der Waals surface area contributed by atoms with Crippen molar-refractivity contribution in [2.24, 2.45) is 7.05 Å². The van der Waals surface area contributed by atoms with Crippen molar-refractivity contribution in [3.8, 4) is 11.6 Å². The van der Waals surface area contributed by atoms with Crippen LogP contribution >= 0.6 is 0 Å². The van der Waals surface area contributed by atoms with Gasteiger partial charge < -0.3 is 5.11 Å². The van der Waals surface area contributed by atoms with Gasteiger partial charge in [0.05, 0.1) is 11.4 Å². The highest BCUT2D eigenvalue weighted by Gasteiger charge is 2.44. The minimum atomic E-state index is -0.927. The molecule has 0 aliphatic carbocycles. The van der Waals surface area contributed by atoms with Crippen LogP contribution in [-0.2, 0) is 16.6 Å². The van der Waals surface area contributed by atoms with E-state index in [1.165, 1.54) is 21.0 Å². The number of aromatic hydroxyl groups is 1. The van der Waals surface area contributed by atoms with Crippen LogP contribution in [0, 0.1) is 55.4 Å². The third-order valence-corrected chi connectivity index (χ3v) is 8.99. The van der Waals surface area contributed by atoms with E-state index in [-0.39, 0.29) is 11.1 Å². The zero-order valence-corrected chi connectivity index (χ0v) is 25.9. The summed E-state index contributed by atoms with van der Waals surface area (Å²) in [5.41, 5.74) is 4.88. The second kappa shape index (κ2) is 10.3. The van der Waals surface area contributed by atoms with Gasteiger partial charge >= 0.3 is 11.7 Å². The van der Waals surface area contributed by atoms with E-state index < -0.39 is 40.5 Å². The number of carbonyl (C=O) groups excluding carboxylic acids is 3. The van der Waals surface area contributed by atoms with Crippen LogP contribution in [0.2, 0.25) is 0 Å². The van der Waals surface area contributed by atoms with Crippen molar-refractivity contribution in [1.29, 1.82) is 0 Å². The fourth-order valence-corrected chi connectivity index (χ4v) is 5.44. The van der Waals surface area contributed by atoms with Crippen molar-refractivity contribution in [1.82, 2.24) is 14.0 Å². The molecule has 3 aromatic rings. The first-order valence-electron chi connectivity index (χ1n) is 13.5. The molecule has 2 heterocycles. The minimum Gasteiger partial charge on any atom is -0.494 e. The highest BCUT2D eigenvalue weighted by atomic mass is 16.3. The van der Waals surface area contributed by atoms with Gasteiger partial charge in [0.1, 0.15) is 11.1 Å². The molecule has 1 saturated heterocycles. The van der Waals surface area contributed by atoms with Crippen LogP contribution in [0.1, 0.15) is 57.0 Å². The molecule has 0 bridgehead atoms. The molecule has 10 heteroatoms. The lowest BCUT2D eigenvalue weighted by Gasteiger charge is -2.34. The monoisotopic (exact) mass is 572 g/mol. The molecule has 2 aromatic carbocycles. The molecular formula is C32H36N4O6. The van der Waals surface area contributed by atoms with Crippen LogP contribution in [0.5, 0.6) is 5.88 Å². The molecule has 42 heavy (non-hydrogen) atoms. The zero-order valence-electron chi connectivity index (χ0n) is 25.9. The second-order valence-electron chi connectivity index (χ2n) is 11.1. The van der Waals surface area contributed by atoms with Gasteiger partial charge in [0.15, 0.2) is 0 Å². The number of likely N-dealkylation sites (N-methyl/N-ethyl adjacent to an activating group) is 1. The fourth-order valence-electron chi connectivity index (χ4n) is 5.44. The van der Waals surface area contributed by atoms with Gasteiger partial charge in [-0.3, -0.25) is 23.9 Å². The van der Waals surface area contributed by atoms with E-state index in [1.807, 2.05) is 41.5 Å². The van der Waals surface area contributed by atoms with Crippen molar-refractivity contribution in [2.75, 3.05) is 11.9 Å². The molecule has 0 atom stereocenters. The number of hydrogen-bond acceptors (Lipinski definition) is 6. The number of nitrogens with zero attached hydrogens (tertiary/aromatic N) is 4. The summed E-state index contributed by atoms with van der Waals surface area (Å²) in [7, 11) is 2.55. The molecule has 10 nitrogen and oxygen atoms in total. The smallest absolute Gasteiger partial charge is 0.338 e. The Labute approximate surface area is 244 Å². The first kappa shape index (κ1) is 30.2. The maximum atomic E-state index is 14.0. The first-order valence-corrected chi connectivity index (χ1v) is 13.5. The minimum absolute atomic E-state index is 0.155. The van der Waals surface area contributed by atoms with Crippen molar-refractivity contribution in [3.63, 3.8) is 0 Å². The normalized spacial score (nSPS) is 15.2. The van der Waals surface area contributed by atoms with Crippen LogP contribution in [0.15, 0.2) is 27.3 Å². The van der Waals surface area contributed by atoms with Gasteiger partial charge in [-0.2, -0.15) is 0 Å². The number of aromatic nitrogens is 2. The van der Waals surface area contributed by atoms with Gasteiger partial charge in [-0.05, 0) is 125 Å².